The van der Waals surface area contributed by atoms with Gasteiger partial charge in [0.05, 0.1) is 23.8 Å². The second-order valence-electron chi connectivity index (χ2n) is 6.12. The average Bonchev–Trinajstić information content (AvgIpc) is 3.14. The van der Waals surface area contributed by atoms with Crippen molar-refractivity contribution < 1.29 is 18.8 Å². The van der Waals surface area contributed by atoms with Gasteiger partial charge in [-0.15, -0.1) is 0 Å². The van der Waals surface area contributed by atoms with Crippen molar-refractivity contribution in [2.24, 2.45) is 0 Å². The molecule has 1 amide bonds. The van der Waals surface area contributed by atoms with Gasteiger partial charge in [-0.1, -0.05) is 43.4 Å². The molecule has 2 aromatic rings. The zero-order valence-corrected chi connectivity index (χ0v) is 16.9. The molecule has 0 aliphatic carbocycles. The molecule has 1 aromatic carbocycles. The van der Waals surface area contributed by atoms with Crippen LogP contribution in [0.1, 0.15) is 56.9 Å². The summed E-state index contributed by atoms with van der Waals surface area (Å²) in [6.45, 7) is 7.71. The molecule has 0 atom stereocenters. The van der Waals surface area contributed by atoms with E-state index < -0.39 is 0 Å². The van der Waals surface area contributed by atoms with Crippen LogP contribution in [0.15, 0.2) is 22.7 Å². The van der Waals surface area contributed by atoms with Crippen LogP contribution in [0.25, 0.3) is 11.3 Å². The van der Waals surface area contributed by atoms with Crippen LogP contribution in [0.5, 0.6) is 11.5 Å². The Bertz CT molecular complexity index is 746. The van der Waals surface area contributed by atoms with Crippen LogP contribution in [0.4, 0.5) is 0 Å². The number of amides is 1. The minimum Gasteiger partial charge on any atom is -0.493 e. The van der Waals surface area contributed by atoms with Crippen LogP contribution >= 0.6 is 11.6 Å². The molecule has 2 rings (SSSR count). The van der Waals surface area contributed by atoms with E-state index >= 15 is 0 Å². The van der Waals surface area contributed by atoms with Gasteiger partial charge in [0.2, 0.25) is 0 Å². The van der Waals surface area contributed by atoms with Gasteiger partial charge in [0.25, 0.3) is 5.91 Å². The molecule has 0 saturated carbocycles. The number of nitrogens with zero attached hydrogens (tertiary/aromatic N) is 1. The molecule has 0 unspecified atom stereocenters. The molecular formula is C20H27ClN2O4. The monoisotopic (exact) mass is 394 g/mol. The van der Waals surface area contributed by atoms with E-state index in [0.29, 0.717) is 47.6 Å². The Morgan fingerprint density at radius 2 is 1.74 bits per heavy atom. The lowest BCUT2D eigenvalue weighted by atomic mass is 10.1. The van der Waals surface area contributed by atoms with Crippen molar-refractivity contribution >= 4 is 17.5 Å². The summed E-state index contributed by atoms with van der Waals surface area (Å²) in [6.07, 6.45) is 3.93. The Balaban J connectivity index is 2.32. The van der Waals surface area contributed by atoms with E-state index in [-0.39, 0.29) is 11.6 Å². The fourth-order valence-electron chi connectivity index (χ4n) is 2.37. The molecule has 27 heavy (non-hydrogen) atoms. The Labute approximate surface area is 165 Å². The molecule has 0 bridgehead atoms. The van der Waals surface area contributed by atoms with E-state index in [1.807, 2.05) is 6.92 Å². The standard InChI is InChI=1S/C20H27ClN2O4/c1-4-7-9-25-17-13-19(26-10-8-5-2)15(21)11-14(17)18-12-16(23-27-18)20(24)22-6-3/h11-13H,4-10H2,1-3H3,(H,22,24). The van der Waals surface area contributed by atoms with E-state index in [0.717, 1.165) is 25.7 Å². The number of hydrogen-bond acceptors (Lipinski definition) is 5. The number of benzene rings is 1. The van der Waals surface area contributed by atoms with Crippen LogP contribution in [0, 0.1) is 0 Å². The number of nitrogens with one attached hydrogen (secondary N) is 1. The Hall–Kier alpha value is -2.21. The number of unbranched alkanes of at least 4 members (excludes halogenated alkanes) is 2. The highest BCUT2D eigenvalue weighted by molar-refractivity contribution is 6.32. The molecule has 0 aliphatic heterocycles. The first-order chi connectivity index (χ1) is 13.1. The summed E-state index contributed by atoms with van der Waals surface area (Å²) in [5, 5.41) is 7.00. The van der Waals surface area contributed by atoms with Crippen molar-refractivity contribution in [3.63, 3.8) is 0 Å². The molecule has 1 aromatic heterocycles. The van der Waals surface area contributed by atoms with Gasteiger partial charge in [-0.3, -0.25) is 4.79 Å². The zero-order chi connectivity index (χ0) is 19.6. The number of aromatic nitrogens is 1. The number of halogens is 1. The smallest absolute Gasteiger partial charge is 0.273 e. The second kappa shape index (κ2) is 10.8. The van der Waals surface area contributed by atoms with Crippen molar-refractivity contribution in [3.8, 4) is 22.8 Å². The van der Waals surface area contributed by atoms with Gasteiger partial charge in [0.15, 0.2) is 11.5 Å². The lowest BCUT2D eigenvalue weighted by Gasteiger charge is -2.14. The molecule has 0 aliphatic rings. The summed E-state index contributed by atoms with van der Waals surface area (Å²) in [7, 11) is 0. The average molecular weight is 395 g/mol. The molecule has 7 heteroatoms. The summed E-state index contributed by atoms with van der Waals surface area (Å²) >= 11 is 6.39. The molecule has 1 N–H and O–H groups in total. The fraction of sp³-hybridized carbons (Fsp3) is 0.500. The first-order valence-corrected chi connectivity index (χ1v) is 9.82. The first-order valence-electron chi connectivity index (χ1n) is 9.45. The van der Waals surface area contributed by atoms with Gasteiger partial charge in [-0.2, -0.15) is 0 Å². The maximum atomic E-state index is 11.9. The van der Waals surface area contributed by atoms with Crippen LogP contribution in [-0.2, 0) is 0 Å². The van der Waals surface area contributed by atoms with E-state index in [2.05, 4.69) is 24.3 Å². The van der Waals surface area contributed by atoms with Gasteiger partial charge >= 0.3 is 0 Å². The quantitative estimate of drug-likeness (QED) is 0.536. The summed E-state index contributed by atoms with van der Waals surface area (Å²) in [4.78, 5) is 11.9. The largest absolute Gasteiger partial charge is 0.493 e. The van der Waals surface area contributed by atoms with Crippen LogP contribution < -0.4 is 14.8 Å². The van der Waals surface area contributed by atoms with Crippen molar-refractivity contribution in [2.75, 3.05) is 19.8 Å². The zero-order valence-electron chi connectivity index (χ0n) is 16.1. The Morgan fingerprint density at radius 1 is 1.07 bits per heavy atom. The topological polar surface area (TPSA) is 73.6 Å². The Morgan fingerprint density at radius 3 is 2.37 bits per heavy atom. The SMILES string of the molecule is CCCCOc1cc(OCCCC)c(-c2cc(C(=O)NCC)no2)cc1Cl. The highest BCUT2D eigenvalue weighted by Gasteiger charge is 2.19. The van der Waals surface area contributed by atoms with E-state index in [1.165, 1.54) is 0 Å². The molecule has 0 saturated heterocycles. The van der Waals surface area contributed by atoms with Gasteiger partial charge in [0, 0.05) is 18.7 Å². The van der Waals surface area contributed by atoms with Gasteiger partial charge in [0.1, 0.15) is 11.5 Å². The number of carbonyl (C=O) groups excluding carboxylic acids is 1. The number of carbonyl (C=O) groups is 1. The van der Waals surface area contributed by atoms with Gasteiger partial charge < -0.3 is 19.3 Å². The maximum Gasteiger partial charge on any atom is 0.273 e. The summed E-state index contributed by atoms with van der Waals surface area (Å²) in [5.74, 6) is 1.30. The van der Waals surface area contributed by atoms with Crippen LogP contribution in [0.3, 0.4) is 0 Å². The summed E-state index contributed by atoms with van der Waals surface area (Å²) in [6, 6.07) is 5.09. The fourth-order valence-corrected chi connectivity index (χ4v) is 2.59. The molecule has 1 heterocycles. The summed E-state index contributed by atoms with van der Waals surface area (Å²) in [5.41, 5.74) is 0.854. The van der Waals surface area contributed by atoms with E-state index in [1.54, 1.807) is 18.2 Å². The molecule has 0 spiro atoms. The second-order valence-corrected chi connectivity index (χ2v) is 6.53. The lowest BCUT2D eigenvalue weighted by molar-refractivity contribution is 0.0947. The third-order valence-corrected chi connectivity index (χ3v) is 4.19. The third kappa shape index (κ3) is 5.89. The van der Waals surface area contributed by atoms with Crippen molar-refractivity contribution in [3.05, 3.63) is 28.9 Å². The minimum absolute atomic E-state index is 0.214. The normalized spacial score (nSPS) is 10.7. The summed E-state index contributed by atoms with van der Waals surface area (Å²) < 4.78 is 17.1. The van der Waals surface area contributed by atoms with Crippen LogP contribution in [-0.4, -0.2) is 30.8 Å². The van der Waals surface area contributed by atoms with Crippen molar-refractivity contribution in [2.45, 2.75) is 46.5 Å². The van der Waals surface area contributed by atoms with Crippen molar-refractivity contribution in [1.82, 2.24) is 10.5 Å². The van der Waals surface area contributed by atoms with Crippen molar-refractivity contribution in [1.29, 1.82) is 0 Å². The van der Waals surface area contributed by atoms with Gasteiger partial charge in [-0.25, -0.2) is 0 Å². The number of hydrogen-bond donors (Lipinski definition) is 1. The molecule has 148 valence electrons. The lowest BCUT2D eigenvalue weighted by Crippen LogP contribution is -2.22. The Kier molecular flexibility index (Phi) is 8.45. The third-order valence-electron chi connectivity index (χ3n) is 3.89. The molecule has 0 fully saturated rings. The van der Waals surface area contributed by atoms with Gasteiger partial charge in [-0.05, 0) is 25.8 Å². The van der Waals surface area contributed by atoms with Crippen LogP contribution in [0.2, 0.25) is 5.02 Å². The number of rotatable bonds is 11. The van der Waals surface area contributed by atoms with E-state index in [9.17, 15) is 4.79 Å². The number of ether oxygens (including phenoxy) is 2. The highest BCUT2D eigenvalue weighted by atomic mass is 35.5. The predicted molar refractivity (Wildman–Crippen MR) is 106 cm³/mol. The van der Waals surface area contributed by atoms with E-state index in [4.69, 9.17) is 25.6 Å². The predicted octanol–water partition coefficient (Wildman–Crippen LogP) is 5.10. The molecular weight excluding hydrogens is 368 g/mol. The highest BCUT2D eigenvalue weighted by Crippen LogP contribution is 2.39. The first kappa shape index (κ1) is 21.1. The molecule has 0 radical (unpaired) electrons. The minimum atomic E-state index is -0.286. The maximum absolute atomic E-state index is 11.9. The molecule has 6 nitrogen and oxygen atoms in total.